The van der Waals surface area contributed by atoms with Crippen molar-refractivity contribution in [2.75, 3.05) is 39.8 Å². The number of nitrogens with zero attached hydrogens (tertiary/aromatic N) is 5. The van der Waals surface area contributed by atoms with Gasteiger partial charge in [0, 0.05) is 53.4 Å². The molecule has 2 amide bonds. The van der Waals surface area contributed by atoms with Crippen LogP contribution in [0.2, 0.25) is 0 Å². The van der Waals surface area contributed by atoms with Gasteiger partial charge in [-0.25, -0.2) is 4.98 Å². The molecule has 1 aliphatic heterocycles. The van der Waals surface area contributed by atoms with Crippen molar-refractivity contribution in [2.24, 2.45) is 0 Å². The Kier molecular flexibility index (Phi) is 6.48. The lowest BCUT2D eigenvalue weighted by molar-refractivity contribution is 0.0596. The first-order chi connectivity index (χ1) is 16.6. The molecule has 1 aromatic heterocycles. The minimum absolute atomic E-state index is 0.206. The smallest absolute Gasteiger partial charge is 0.261 e. The van der Waals surface area contributed by atoms with Gasteiger partial charge in [0.2, 0.25) is 0 Å². The standard InChI is InChI=1S/C27H33N5O2/c1-3-13-30(20-8-9-20)15-5-14-29(2)17-18-32-26(33)22-7-4-6-21-24(31-16-12-28-19-31)11-10-23(25(21)22)27(32)34/h4,6-7,10-12,16,19-20H,3,5,8-9,13-15,17-18H2,1-2H3. The Morgan fingerprint density at radius 2 is 1.79 bits per heavy atom. The fourth-order valence-electron chi connectivity index (χ4n) is 5.09. The van der Waals surface area contributed by atoms with Crippen molar-refractivity contribution in [1.82, 2.24) is 24.3 Å². The summed E-state index contributed by atoms with van der Waals surface area (Å²) in [5, 5.41) is 1.63. The Labute approximate surface area is 201 Å². The predicted octanol–water partition coefficient (Wildman–Crippen LogP) is 3.82. The largest absolute Gasteiger partial charge is 0.306 e. The Balaban J connectivity index is 1.26. The van der Waals surface area contributed by atoms with Crippen LogP contribution in [0.25, 0.3) is 16.5 Å². The molecular formula is C27H33N5O2. The summed E-state index contributed by atoms with van der Waals surface area (Å²) in [7, 11) is 2.08. The molecular weight excluding hydrogens is 426 g/mol. The molecule has 0 saturated heterocycles. The maximum absolute atomic E-state index is 13.3. The maximum Gasteiger partial charge on any atom is 0.261 e. The number of hydrogen-bond donors (Lipinski definition) is 0. The molecule has 2 aromatic carbocycles. The molecule has 0 N–H and O–H groups in total. The lowest BCUT2D eigenvalue weighted by atomic mass is 9.93. The van der Waals surface area contributed by atoms with Gasteiger partial charge >= 0.3 is 0 Å². The number of benzene rings is 2. The lowest BCUT2D eigenvalue weighted by Crippen LogP contribution is -2.44. The van der Waals surface area contributed by atoms with E-state index >= 15 is 0 Å². The molecule has 2 aliphatic rings. The number of hydrogen-bond acceptors (Lipinski definition) is 5. The van der Waals surface area contributed by atoms with Crippen molar-refractivity contribution in [1.29, 1.82) is 0 Å². The molecule has 1 saturated carbocycles. The number of imide groups is 1. The third-order valence-electron chi connectivity index (χ3n) is 7.02. The van der Waals surface area contributed by atoms with Gasteiger partial charge in [0.1, 0.15) is 0 Å². The molecule has 0 radical (unpaired) electrons. The fraction of sp³-hybridized carbons (Fsp3) is 0.444. The van der Waals surface area contributed by atoms with Crippen LogP contribution in [0.3, 0.4) is 0 Å². The maximum atomic E-state index is 13.3. The Morgan fingerprint density at radius 3 is 2.50 bits per heavy atom. The van der Waals surface area contributed by atoms with E-state index in [0.29, 0.717) is 24.2 Å². The monoisotopic (exact) mass is 459 g/mol. The van der Waals surface area contributed by atoms with Gasteiger partial charge in [-0.05, 0) is 70.6 Å². The molecule has 178 valence electrons. The zero-order valence-electron chi connectivity index (χ0n) is 20.1. The van der Waals surface area contributed by atoms with Crippen molar-refractivity contribution in [3.05, 3.63) is 60.2 Å². The molecule has 1 aliphatic carbocycles. The van der Waals surface area contributed by atoms with Crippen LogP contribution in [-0.4, -0.2) is 81.9 Å². The summed E-state index contributed by atoms with van der Waals surface area (Å²) >= 11 is 0. The minimum Gasteiger partial charge on any atom is -0.306 e. The Hall–Kier alpha value is -3.03. The molecule has 0 unspecified atom stereocenters. The van der Waals surface area contributed by atoms with Gasteiger partial charge in [0.05, 0.1) is 12.0 Å². The third kappa shape index (κ3) is 4.38. The zero-order valence-corrected chi connectivity index (χ0v) is 20.1. The molecule has 2 heterocycles. The molecule has 0 spiro atoms. The normalized spacial score (nSPS) is 15.8. The molecule has 3 aromatic rings. The van der Waals surface area contributed by atoms with E-state index in [0.717, 1.165) is 42.0 Å². The summed E-state index contributed by atoms with van der Waals surface area (Å²) in [6.07, 6.45) is 10.3. The first-order valence-corrected chi connectivity index (χ1v) is 12.4. The van der Waals surface area contributed by atoms with E-state index < -0.39 is 0 Å². The average Bonchev–Trinajstić information content (AvgIpc) is 3.55. The van der Waals surface area contributed by atoms with Crippen molar-refractivity contribution in [3.8, 4) is 5.69 Å². The minimum atomic E-state index is -0.206. The molecule has 0 atom stereocenters. The highest BCUT2D eigenvalue weighted by Crippen LogP contribution is 2.33. The van der Waals surface area contributed by atoms with Crippen LogP contribution in [-0.2, 0) is 0 Å². The highest BCUT2D eigenvalue weighted by atomic mass is 16.2. The fourth-order valence-corrected chi connectivity index (χ4v) is 5.09. The second-order valence-corrected chi connectivity index (χ2v) is 9.52. The van der Waals surface area contributed by atoms with E-state index in [1.807, 2.05) is 41.1 Å². The Morgan fingerprint density at radius 1 is 1.00 bits per heavy atom. The first-order valence-electron chi connectivity index (χ1n) is 12.4. The topological polar surface area (TPSA) is 61.7 Å². The summed E-state index contributed by atoms with van der Waals surface area (Å²) < 4.78 is 1.91. The summed E-state index contributed by atoms with van der Waals surface area (Å²) in [6.45, 7) is 6.58. The van der Waals surface area contributed by atoms with Gasteiger partial charge in [-0.15, -0.1) is 0 Å². The van der Waals surface area contributed by atoms with Gasteiger partial charge in [0.15, 0.2) is 0 Å². The van der Waals surface area contributed by atoms with Crippen LogP contribution >= 0.6 is 0 Å². The van der Waals surface area contributed by atoms with Gasteiger partial charge in [-0.3, -0.25) is 14.5 Å². The third-order valence-corrected chi connectivity index (χ3v) is 7.02. The molecule has 1 fully saturated rings. The SMILES string of the molecule is CCCN(CCCN(C)CCN1C(=O)c2cccc3c(-n4ccnc4)ccc(c23)C1=O)C1CC1. The first kappa shape index (κ1) is 22.7. The van der Waals surface area contributed by atoms with Crippen LogP contribution in [0.4, 0.5) is 0 Å². The lowest BCUT2D eigenvalue weighted by Gasteiger charge is -2.29. The molecule has 7 heteroatoms. The number of imidazole rings is 1. The highest BCUT2D eigenvalue weighted by Gasteiger charge is 2.33. The number of rotatable bonds is 11. The number of aromatic nitrogens is 2. The van der Waals surface area contributed by atoms with Crippen molar-refractivity contribution in [3.63, 3.8) is 0 Å². The van der Waals surface area contributed by atoms with E-state index in [-0.39, 0.29) is 11.8 Å². The van der Waals surface area contributed by atoms with Gasteiger partial charge in [-0.2, -0.15) is 0 Å². The van der Waals surface area contributed by atoms with E-state index in [2.05, 4.69) is 28.8 Å². The van der Waals surface area contributed by atoms with Crippen molar-refractivity contribution >= 4 is 22.6 Å². The summed E-state index contributed by atoms with van der Waals surface area (Å²) in [6, 6.07) is 10.3. The molecule has 7 nitrogen and oxygen atoms in total. The zero-order chi connectivity index (χ0) is 23.7. The molecule has 5 rings (SSSR count). The van der Waals surface area contributed by atoms with Crippen LogP contribution < -0.4 is 0 Å². The average molecular weight is 460 g/mol. The summed E-state index contributed by atoms with van der Waals surface area (Å²) in [5.41, 5.74) is 2.10. The van der Waals surface area contributed by atoms with Gasteiger partial charge in [0.25, 0.3) is 11.8 Å². The van der Waals surface area contributed by atoms with E-state index in [9.17, 15) is 9.59 Å². The second kappa shape index (κ2) is 9.68. The van der Waals surface area contributed by atoms with Gasteiger partial charge in [-0.1, -0.05) is 19.1 Å². The van der Waals surface area contributed by atoms with Crippen LogP contribution in [0, 0.1) is 0 Å². The predicted molar refractivity (Wildman–Crippen MR) is 133 cm³/mol. The molecule has 34 heavy (non-hydrogen) atoms. The van der Waals surface area contributed by atoms with Crippen molar-refractivity contribution in [2.45, 2.75) is 38.6 Å². The summed E-state index contributed by atoms with van der Waals surface area (Å²) in [4.78, 5) is 37.1. The number of carbonyl (C=O) groups excluding carboxylic acids is 2. The van der Waals surface area contributed by atoms with E-state index in [4.69, 9.17) is 0 Å². The second-order valence-electron chi connectivity index (χ2n) is 9.52. The van der Waals surface area contributed by atoms with Crippen LogP contribution in [0.5, 0.6) is 0 Å². The quantitative estimate of drug-likeness (QED) is 0.408. The number of amides is 2. The van der Waals surface area contributed by atoms with E-state index in [1.165, 1.54) is 30.7 Å². The Bertz CT molecular complexity index is 1160. The highest BCUT2D eigenvalue weighted by molar-refractivity contribution is 6.26. The molecule has 0 bridgehead atoms. The van der Waals surface area contributed by atoms with Crippen LogP contribution in [0.15, 0.2) is 49.1 Å². The van der Waals surface area contributed by atoms with Crippen LogP contribution in [0.1, 0.15) is 53.3 Å². The summed E-state index contributed by atoms with van der Waals surface area (Å²) in [5.74, 6) is -0.413. The van der Waals surface area contributed by atoms with E-state index in [1.54, 1.807) is 12.5 Å². The van der Waals surface area contributed by atoms with Gasteiger partial charge < -0.3 is 14.4 Å². The van der Waals surface area contributed by atoms with Crippen molar-refractivity contribution < 1.29 is 9.59 Å². The number of carbonyl (C=O) groups is 2. The number of likely N-dealkylation sites (N-methyl/N-ethyl adjacent to an activating group) is 1.